The fourth-order valence-electron chi connectivity index (χ4n) is 2.47. The van der Waals surface area contributed by atoms with Crippen LogP contribution in [0.5, 0.6) is 5.88 Å². The minimum absolute atomic E-state index is 0.426. The lowest BCUT2D eigenvalue weighted by molar-refractivity contribution is 0.219. The van der Waals surface area contributed by atoms with Gasteiger partial charge in [0.15, 0.2) is 5.82 Å². The van der Waals surface area contributed by atoms with Crippen LogP contribution in [0.3, 0.4) is 0 Å². The quantitative estimate of drug-likeness (QED) is 0.837. The Labute approximate surface area is 114 Å². The van der Waals surface area contributed by atoms with E-state index in [0.717, 1.165) is 25.9 Å². The van der Waals surface area contributed by atoms with E-state index < -0.39 is 0 Å². The van der Waals surface area contributed by atoms with Crippen LogP contribution in [-0.2, 0) is 0 Å². The largest absolute Gasteiger partial charge is 0.479 e. The van der Waals surface area contributed by atoms with Crippen molar-refractivity contribution in [3.63, 3.8) is 0 Å². The lowest BCUT2D eigenvalue weighted by Crippen LogP contribution is -2.39. The van der Waals surface area contributed by atoms with Crippen molar-refractivity contribution < 1.29 is 4.74 Å². The number of methoxy groups -OCH3 is 1. The highest BCUT2D eigenvalue weighted by molar-refractivity contribution is 5.66. The van der Waals surface area contributed by atoms with Crippen molar-refractivity contribution in [2.24, 2.45) is 0 Å². The molecular weight excluding hydrogens is 242 g/mol. The van der Waals surface area contributed by atoms with Crippen molar-refractivity contribution in [1.82, 2.24) is 14.9 Å². The van der Waals surface area contributed by atoms with Crippen molar-refractivity contribution in [3.8, 4) is 5.88 Å². The Balaban J connectivity index is 1.92. The van der Waals surface area contributed by atoms with Gasteiger partial charge in [0.2, 0.25) is 5.88 Å². The number of nitrogen functional groups attached to an aromatic ring is 1. The van der Waals surface area contributed by atoms with Crippen molar-refractivity contribution in [2.45, 2.75) is 32.2 Å². The molecule has 0 bridgehead atoms. The lowest BCUT2D eigenvalue weighted by Gasteiger charge is -2.32. The molecule has 0 radical (unpaired) electrons. The molecule has 1 aromatic heterocycles. The van der Waals surface area contributed by atoms with E-state index in [4.69, 9.17) is 10.5 Å². The molecule has 1 aliphatic rings. The van der Waals surface area contributed by atoms with Crippen LogP contribution >= 0.6 is 0 Å². The number of hydrogen-bond acceptors (Lipinski definition) is 6. The number of nitrogens with one attached hydrogen (secondary N) is 1. The summed E-state index contributed by atoms with van der Waals surface area (Å²) in [5.74, 6) is 1.11. The topological polar surface area (TPSA) is 76.3 Å². The Morgan fingerprint density at radius 3 is 2.79 bits per heavy atom. The van der Waals surface area contributed by atoms with E-state index in [1.165, 1.54) is 19.3 Å². The van der Waals surface area contributed by atoms with Gasteiger partial charge in [-0.25, -0.2) is 4.98 Å². The first-order valence-electron chi connectivity index (χ1n) is 6.88. The zero-order valence-corrected chi connectivity index (χ0v) is 11.7. The smallest absolute Gasteiger partial charge is 0.242 e. The molecule has 6 heteroatoms. The van der Waals surface area contributed by atoms with Crippen molar-refractivity contribution >= 4 is 11.5 Å². The second kappa shape index (κ2) is 6.56. The second-order valence-electron chi connectivity index (χ2n) is 4.91. The standard InChI is InChI=1S/C13H23N5O/c1-3-6-18-7-4-10(5-8-18)17-12-11(14)13(19-2)16-9-15-12/h9-10H,3-8,14H2,1-2H3,(H,15,16,17). The molecule has 0 aromatic carbocycles. The highest BCUT2D eigenvalue weighted by Gasteiger charge is 2.20. The van der Waals surface area contributed by atoms with E-state index in [0.29, 0.717) is 23.4 Å². The zero-order valence-electron chi connectivity index (χ0n) is 11.7. The predicted octanol–water partition coefficient (Wildman–Crippen LogP) is 1.35. The number of anilines is 2. The summed E-state index contributed by atoms with van der Waals surface area (Å²) in [6, 6.07) is 0.426. The van der Waals surface area contributed by atoms with Gasteiger partial charge in [-0.15, -0.1) is 0 Å². The molecule has 3 N–H and O–H groups in total. The van der Waals surface area contributed by atoms with Gasteiger partial charge in [0.25, 0.3) is 0 Å². The fraction of sp³-hybridized carbons (Fsp3) is 0.692. The molecule has 6 nitrogen and oxygen atoms in total. The van der Waals surface area contributed by atoms with Crippen LogP contribution in [0.2, 0.25) is 0 Å². The van der Waals surface area contributed by atoms with Crippen LogP contribution in [0.4, 0.5) is 11.5 Å². The van der Waals surface area contributed by atoms with Crippen molar-refractivity contribution in [2.75, 3.05) is 37.8 Å². The monoisotopic (exact) mass is 265 g/mol. The molecule has 0 saturated carbocycles. The average Bonchev–Trinajstić information content (AvgIpc) is 2.43. The first-order valence-corrected chi connectivity index (χ1v) is 6.88. The molecule has 2 rings (SSSR count). The van der Waals surface area contributed by atoms with Crippen LogP contribution in [0.15, 0.2) is 6.33 Å². The molecule has 2 heterocycles. The molecule has 1 saturated heterocycles. The number of hydrogen-bond donors (Lipinski definition) is 2. The van der Waals surface area contributed by atoms with Crippen LogP contribution in [0.25, 0.3) is 0 Å². The van der Waals surface area contributed by atoms with Gasteiger partial charge in [-0.3, -0.25) is 0 Å². The normalized spacial score (nSPS) is 17.4. The van der Waals surface area contributed by atoms with E-state index in [1.54, 1.807) is 7.11 Å². The maximum atomic E-state index is 5.96. The highest BCUT2D eigenvalue weighted by atomic mass is 16.5. The number of piperidine rings is 1. The number of aromatic nitrogens is 2. The number of likely N-dealkylation sites (tertiary alicyclic amines) is 1. The van der Waals surface area contributed by atoms with Gasteiger partial charge in [0.1, 0.15) is 12.0 Å². The van der Waals surface area contributed by atoms with Crippen LogP contribution in [0, 0.1) is 0 Å². The summed E-state index contributed by atoms with van der Waals surface area (Å²) < 4.78 is 5.10. The van der Waals surface area contributed by atoms with Crippen LogP contribution < -0.4 is 15.8 Å². The third-order valence-corrected chi connectivity index (χ3v) is 3.51. The average molecular weight is 265 g/mol. The van der Waals surface area contributed by atoms with Crippen LogP contribution in [0.1, 0.15) is 26.2 Å². The SMILES string of the molecule is CCCN1CCC(Nc2ncnc(OC)c2N)CC1. The van der Waals surface area contributed by atoms with Crippen molar-refractivity contribution in [3.05, 3.63) is 6.33 Å². The second-order valence-corrected chi connectivity index (χ2v) is 4.91. The van der Waals surface area contributed by atoms with Crippen LogP contribution in [-0.4, -0.2) is 47.7 Å². The van der Waals surface area contributed by atoms with E-state index in [9.17, 15) is 0 Å². The van der Waals surface area contributed by atoms with E-state index in [2.05, 4.69) is 27.1 Å². The number of nitrogens with zero attached hydrogens (tertiary/aromatic N) is 3. The van der Waals surface area contributed by atoms with Gasteiger partial charge in [-0.1, -0.05) is 6.92 Å². The van der Waals surface area contributed by atoms with Gasteiger partial charge in [0, 0.05) is 19.1 Å². The summed E-state index contributed by atoms with van der Waals surface area (Å²) >= 11 is 0. The summed E-state index contributed by atoms with van der Waals surface area (Å²) in [6.45, 7) is 5.68. The molecule has 0 spiro atoms. The molecule has 19 heavy (non-hydrogen) atoms. The summed E-state index contributed by atoms with van der Waals surface area (Å²) in [5.41, 5.74) is 6.45. The predicted molar refractivity (Wildman–Crippen MR) is 76.4 cm³/mol. The number of ether oxygens (including phenoxy) is 1. The third kappa shape index (κ3) is 3.47. The van der Waals surface area contributed by atoms with Gasteiger partial charge in [-0.2, -0.15) is 4.98 Å². The molecule has 1 aliphatic heterocycles. The van der Waals surface area contributed by atoms with Crippen molar-refractivity contribution in [1.29, 1.82) is 0 Å². The first kappa shape index (κ1) is 13.9. The minimum Gasteiger partial charge on any atom is -0.479 e. The van der Waals surface area contributed by atoms with E-state index >= 15 is 0 Å². The fourth-order valence-corrected chi connectivity index (χ4v) is 2.47. The Morgan fingerprint density at radius 2 is 2.16 bits per heavy atom. The molecule has 0 atom stereocenters. The Bertz CT molecular complexity index is 404. The number of rotatable bonds is 5. The highest BCUT2D eigenvalue weighted by Crippen LogP contribution is 2.26. The van der Waals surface area contributed by atoms with E-state index in [-0.39, 0.29) is 0 Å². The summed E-state index contributed by atoms with van der Waals surface area (Å²) in [7, 11) is 1.56. The zero-order chi connectivity index (χ0) is 13.7. The molecule has 0 unspecified atom stereocenters. The maximum absolute atomic E-state index is 5.96. The summed E-state index contributed by atoms with van der Waals surface area (Å²) in [5, 5.41) is 3.40. The van der Waals surface area contributed by atoms with E-state index in [1.807, 2.05) is 0 Å². The Hall–Kier alpha value is -1.56. The minimum atomic E-state index is 0.426. The Morgan fingerprint density at radius 1 is 1.42 bits per heavy atom. The first-order chi connectivity index (χ1) is 9.24. The summed E-state index contributed by atoms with van der Waals surface area (Å²) in [4.78, 5) is 10.7. The molecular formula is C13H23N5O. The van der Waals surface area contributed by atoms with Gasteiger partial charge < -0.3 is 20.7 Å². The Kier molecular flexibility index (Phi) is 4.79. The molecule has 1 aromatic rings. The van der Waals surface area contributed by atoms with Gasteiger partial charge in [0.05, 0.1) is 7.11 Å². The molecule has 0 aliphatic carbocycles. The molecule has 1 fully saturated rings. The summed E-state index contributed by atoms with van der Waals surface area (Å²) in [6.07, 6.45) is 4.93. The van der Waals surface area contributed by atoms with Gasteiger partial charge in [-0.05, 0) is 25.8 Å². The third-order valence-electron chi connectivity index (χ3n) is 3.51. The number of nitrogens with two attached hydrogens (primary N) is 1. The molecule has 106 valence electrons. The molecule has 0 amide bonds. The van der Waals surface area contributed by atoms with Gasteiger partial charge >= 0.3 is 0 Å². The lowest BCUT2D eigenvalue weighted by atomic mass is 10.0. The maximum Gasteiger partial charge on any atom is 0.242 e.